The monoisotopic (exact) mass is 335 g/mol. The SMILES string of the molecule is O=[N+]([O-])c1c2ccccc2cc2c3cccc4c3c3c(cccc3c12)C4. The van der Waals surface area contributed by atoms with Crippen LogP contribution < -0.4 is 0 Å². The molecule has 0 unspecified atom stereocenters. The lowest BCUT2D eigenvalue weighted by molar-refractivity contribution is -0.381. The minimum atomic E-state index is -0.218. The van der Waals surface area contributed by atoms with Gasteiger partial charge in [-0.1, -0.05) is 54.6 Å². The van der Waals surface area contributed by atoms with Crippen LogP contribution in [0.1, 0.15) is 11.1 Å². The molecule has 5 aromatic carbocycles. The molecule has 0 saturated carbocycles. The van der Waals surface area contributed by atoms with Crippen LogP contribution >= 0.6 is 0 Å². The maximum absolute atomic E-state index is 12.1. The number of non-ortho nitro benzene ring substituents is 1. The van der Waals surface area contributed by atoms with Crippen LogP contribution in [0.5, 0.6) is 0 Å². The van der Waals surface area contributed by atoms with Gasteiger partial charge >= 0.3 is 0 Å². The molecule has 1 aliphatic carbocycles. The lowest BCUT2D eigenvalue weighted by atomic mass is 9.91. The van der Waals surface area contributed by atoms with Gasteiger partial charge in [0.15, 0.2) is 0 Å². The predicted octanol–water partition coefficient (Wildman–Crippen LogP) is 6.11. The van der Waals surface area contributed by atoms with Crippen LogP contribution in [0.15, 0.2) is 66.7 Å². The van der Waals surface area contributed by atoms with Crippen LogP contribution in [0.2, 0.25) is 0 Å². The summed E-state index contributed by atoms with van der Waals surface area (Å²) in [7, 11) is 0. The highest BCUT2D eigenvalue weighted by Crippen LogP contribution is 2.47. The lowest BCUT2D eigenvalue weighted by Crippen LogP contribution is -1.94. The molecule has 0 aromatic heterocycles. The Morgan fingerprint density at radius 3 is 2.12 bits per heavy atom. The van der Waals surface area contributed by atoms with Gasteiger partial charge in [-0.2, -0.15) is 0 Å². The van der Waals surface area contributed by atoms with Gasteiger partial charge in [0.1, 0.15) is 0 Å². The molecule has 26 heavy (non-hydrogen) atoms. The molecule has 0 fully saturated rings. The molecule has 0 amide bonds. The second-order valence-corrected chi connectivity index (χ2v) is 6.98. The summed E-state index contributed by atoms with van der Waals surface area (Å²) in [6, 6.07) is 22.2. The van der Waals surface area contributed by atoms with Crippen LogP contribution in [-0.2, 0) is 6.42 Å². The second kappa shape index (κ2) is 4.58. The van der Waals surface area contributed by atoms with E-state index >= 15 is 0 Å². The Labute approximate surface area is 148 Å². The van der Waals surface area contributed by atoms with Gasteiger partial charge in [0.25, 0.3) is 5.69 Å². The molecule has 0 radical (unpaired) electrons. The molecule has 0 atom stereocenters. The Morgan fingerprint density at radius 1 is 0.692 bits per heavy atom. The zero-order chi connectivity index (χ0) is 17.4. The normalized spacial score (nSPS) is 12.8. The van der Waals surface area contributed by atoms with Crippen molar-refractivity contribution in [1.29, 1.82) is 0 Å². The zero-order valence-corrected chi connectivity index (χ0v) is 13.8. The molecular formula is C23H13NO2. The molecule has 0 heterocycles. The topological polar surface area (TPSA) is 43.1 Å². The zero-order valence-electron chi connectivity index (χ0n) is 13.8. The van der Waals surface area contributed by atoms with Crippen molar-refractivity contribution in [3.8, 4) is 0 Å². The lowest BCUT2D eigenvalue weighted by Gasteiger charge is -2.12. The fourth-order valence-electron chi connectivity index (χ4n) is 4.73. The smallest absolute Gasteiger partial charge is 0.258 e. The highest BCUT2D eigenvalue weighted by molar-refractivity contribution is 6.32. The highest BCUT2D eigenvalue weighted by Gasteiger charge is 2.25. The van der Waals surface area contributed by atoms with E-state index in [-0.39, 0.29) is 10.6 Å². The summed E-state index contributed by atoms with van der Waals surface area (Å²) in [5.74, 6) is 0. The Kier molecular flexibility index (Phi) is 2.43. The molecule has 6 rings (SSSR count). The first-order valence-corrected chi connectivity index (χ1v) is 8.69. The van der Waals surface area contributed by atoms with E-state index in [1.807, 2.05) is 36.4 Å². The summed E-state index contributed by atoms with van der Waals surface area (Å²) in [6.45, 7) is 0. The molecule has 0 saturated heterocycles. The number of rotatable bonds is 1. The van der Waals surface area contributed by atoms with Crippen LogP contribution in [-0.4, -0.2) is 4.92 Å². The highest BCUT2D eigenvalue weighted by atomic mass is 16.6. The van der Waals surface area contributed by atoms with Crippen molar-refractivity contribution in [2.24, 2.45) is 0 Å². The van der Waals surface area contributed by atoms with Gasteiger partial charge in [-0.3, -0.25) is 10.1 Å². The van der Waals surface area contributed by atoms with Gasteiger partial charge in [-0.15, -0.1) is 0 Å². The van der Waals surface area contributed by atoms with Gasteiger partial charge in [0, 0.05) is 0 Å². The average Bonchev–Trinajstić information content (AvgIpc) is 3.05. The van der Waals surface area contributed by atoms with E-state index in [0.29, 0.717) is 5.39 Å². The van der Waals surface area contributed by atoms with Gasteiger partial charge in [-0.05, 0) is 62.0 Å². The van der Waals surface area contributed by atoms with Crippen molar-refractivity contribution in [3.05, 3.63) is 88.0 Å². The Morgan fingerprint density at radius 2 is 1.35 bits per heavy atom. The number of nitro groups is 1. The molecule has 1 aliphatic rings. The Bertz CT molecular complexity index is 1430. The molecule has 3 nitrogen and oxygen atoms in total. The van der Waals surface area contributed by atoms with Gasteiger partial charge in [0.2, 0.25) is 0 Å². The summed E-state index contributed by atoms with van der Waals surface area (Å²) in [5, 5.41) is 20.0. The summed E-state index contributed by atoms with van der Waals surface area (Å²) >= 11 is 0. The first kappa shape index (κ1) is 13.8. The summed E-state index contributed by atoms with van der Waals surface area (Å²) < 4.78 is 0. The molecule has 0 spiro atoms. The molecule has 3 heteroatoms. The second-order valence-electron chi connectivity index (χ2n) is 6.98. The van der Waals surface area contributed by atoms with Crippen molar-refractivity contribution in [1.82, 2.24) is 0 Å². The summed E-state index contributed by atoms with van der Waals surface area (Å²) in [4.78, 5) is 11.9. The van der Waals surface area contributed by atoms with Crippen LogP contribution in [0, 0.1) is 10.1 Å². The molecular weight excluding hydrogens is 322 g/mol. The third-order valence-corrected chi connectivity index (χ3v) is 5.70. The van der Waals surface area contributed by atoms with Crippen molar-refractivity contribution in [2.75, 3.05) is 0 Å². The van der Waals surface area contributed by atoms with Gasteiger partial charge in [0.05, 0.1) is 15.7 Å². The van der Waals surface area contributed by atoms with E-state index in [1.165, 1.54) is 21.9 Å². The average molecular weight is 335 g/mol. The first-order valence-electron chi connectivity index (χ1n) is 8.69. The summed E-state index contributed by atoms with van der Waals surface area (Å²) in [5.41, 5.74) is 2.79. The molecule has 0 N–H and O–H groups in total. The van der Waals surface area contributed by atoms with E-state index < -0.39 is 0 Å². The standard InChI is InChI=1S/C23H13NO2/c25-24(26)23-16-8-2-1-5-13(16)12-19-17-9-3-6-14-11-15-7-4-10-18(22(19)23)21(15)20(14)17/h1-10,12H,11H2. The van der Waals surface area contributed by atoms with E-state index in [2.05, 4.69) is 30.3 Å². The maximum atomic E-state index is 12.1. The number of nitrogens with zero attached hydrogens (tertiary/aromatic N) is 1. The molecule has 0 bridgehead atoms. The van der Waals surface area contributed by atoms with Crippen LogP contribution in [0.3, 0.4) is 0 Å². The minimum absolute atomic E-state index is 0.217. The Balaban J connectivity index is 2.06. The number of hydrogen-bond donors (Lipinski definition) is 0. The van der Waals surface area contributed by atoms with Gasteiger partial charge < -0.3 is 0 Å². The van der Waals surface area contributed by atoms with E-state index in [0.717, 1.165) is 33.4 Å². The van der Waals surface area contributed by atoms with E-state index in [9.17, 15) is 10.1 Å². The fraction of sp³-hybridized carbons (Fsp3) is 0.0435. The molecule has 5 aromatic rings. The number of nitro benzene ring substituents is 1. The largest absolute Gasteiger partial charge is 0.285 e. The van der Waals surface area contributed by atoms with Gasteiger partial charge in [-0.25, -0.2) is 0 Å². The number of hydrogen-bond acceptors (Lipinski definition) is 2. The van der Waals surface area contributed by atoms with Crippen LogP contribution in [0.25, 0.3) is 43.1 Å². The summed E-state index contributed by atoms with van der Waals surface area (Å²) in [6.07, 6.45) is 0.896. The van der Waals surface area contributed by atoms with Crippen molar-refractivity contribution >= 4 is 48.8 Å². The molecule has 0 aliphatic heterocycles. The minimum Gasteiger partial charge on any atom is -0.258 e. The Hall–Kier alpha value is -3.46. The van der Waals surface area contributed by atoms with E-state index in [1.54, 1.807) is 0 Å². The maximum Gasteiger partial charge on any atom is 0.285 e. The quantitative estimate of drug-likeness (QED) is 0.157. The molecule has 122 valence electrons. The third-order valence-electron chi connectivity index (χ3n) is 5.70. The van der Waals surface area contributed by atoms with Crippen molar-refractivity contribution < 1.29 is 4.92 Å². The number of benzene rings is 5. The first-order chi connectivity index (χ1) is 12.7. The van der Waals surface area contributed by atoms with E-state index in [4.69, 9.17) is 0 Å². The fourth-order valence-corrected chi connectivity index (χ4v) is 4.73. The predicted molar refractivity (Wildman–Crippen MR) is 106 cm³/mol. The number of fused-ring (bicyclic) bond motifs is 4. The third kappa shape index (κ3) is 1.53. The van der Waals surface area contributed by atoms with Crippen LogP contribution in [0.4, 0.5) is 5.69 Å². The van der Waals surface area contributed by atoms with Crippen molar-refractivity contribution in [3.63, 3.8) is 0 Å². The van der Waals surface area contributed by atoms with Crippen molar-refractivity contribution in [2.45, 2.75) is 6.42 Å².